The van der Waals surface area contributed by atoms with Gasteiger partial charge in [-0.1, -0.05) is 26.0 Å². The van der Waals surface area contributed by atoms with Crippen molar-refractivity contribution in [2.75, 3.05) is 33.4 Å². The molecule has 0 amide bonds. The van der Waals surface area contributed by atoms with Crippen LogP contribution in [0.3, 0.4) is 0 Å². The smallest absolute Gasteiger partial charge is 0.191 e. The first-order valence-electron chi connectivity index (χ1n) is 10.2. The highest BCUT2D eigenvalue weighted by molar-refractivity contribution is 14.0. The molecule has 0 saturated carbocycles. The van der Waals surface area contributed by atoms with Crippen LogP contribution in [0.25, 0.3) is 0 Å². The van der Waals surface area contributed by atoms with Gasteiger partial charge in [0.05, 0.1) is 13.7 Å². The second kappa shape index (κ2) is 14.2. The zero-order valence-electron chi connectivity index (χ0n) is 18.5. The van der Waals surface area contributed by atoms with E-state index in [-0.39, 0.29) is 29.4 Å². The Balaban J connectivity index is 0.00000450. The molecular formula is C23H35IN4O2. The lowest BCUT2D eigenvalue weighted by atomic mass is 9.85. The Hall–Kier alpha value is -1.87. The van der Waals surface area contributed by atoms with Crippen molar-refractivity contribution in [2.45, 2.75) is 39.2 Å². The summed E-state index contributed by atoms with van der Waals surface area (Å²) in [6, 6.07) is 12.1. The lowest BCUT2D eigenvalue weighted by Gasteiger charge is -2.26. The molecule has 2 N–H and O–H groups in total. The summed E-state index contributed by atoms with van der Waals surface area (Å²) in [5.41, 5.74) is 2.33. The molecule has 30 heavy (non-hydrogen) atoms. The van der Waals surface area contributed by atoms with Crippen molar-refractivity contribution in [3.8, 4) is 5.75 Å². The van der Waals surface area contributed by atoms with Crippen LogP contribution >= 0.6 is 24.0 Å². The maximum absolute atomic E-state index is 5.42. The number of nitrogens with one attached hydrogen (secondary N) is 2. The van der Waals surface area contributed by atoms with Gasteiger partial charge < -0.3 is 20.1 Å². The topological polar surface area (TPSA) is 67.8 Å². The van der Waals surface area contributed by atoms with Crippen LogP contribution in [-0.2, 0) is 16.7 Å². The van der Waals surface area contributed by atoms with Crippen LogP contribution in [-0.4, -0.2) is 44.4 Å². The highest BCUT2D eigenvalue weighted by Crippen LogP contribution is 2.21. The van der Waals surface area contributed by atoms with Gasteiger partial charge in [0.2, 0.25) is 0 Å². The SMILES string of the molecule is CCOCCCNC(=NCc1ccc(OC)cc1)NCC(C)(C)c1ccncc1.I. The summed E-state index contributed by atoms with van der Waals surface area (Å²) >= 11 is 0. The molecule has 0 aliphatic heterocycles. The Kier molecular flexibility index (Phi) is 12.4. The zero-order chi connectivity index (χ0) is 21.0. The number of guanidine groups is 1. The van der Waals surface area contributed by atoms with E-state index < -0.39 is 0 Å². The number of aromatic nitrogens is 1. The van der Waals surface area contributed by atoms with Crippen LogP contribution in [0.2, 0.25) is 0 Å². The Morgan fingerprint density at radius 1 is 1.07 bits per heavy atom. The number of rotatable bonds is 11. The minimum atomic E-state index is -0.0448. The van der Waals surface area contributed by atoms with Gasteiger partial charge in [0.1, 0.15) is 5.75 Å². The van der Waals surface area contributed by atoms with Crippen LogP contribution in [0.5, 0.6) is 5.75 Å². The molecule has 0 saturated heterocycles. The first-order valence-corrected chi connectivity index (χ1v) is 10.2. The Labute approximate surface area is 197 Å². The predicted molar refractivity (Wildman–Crippen MR) is 134 cm³/mol. The number of pyridine rings is 1. The monoisotopic (exact) mass is 526 g/mol. The van der Waals surface area contributed by atoms with Crippen molar-refractivity contribution in [1.82, 2.24) is 15.6 Å². The quantitative estimate of drug-likeness (QED) is 0.199. The van der Waals surface area contributed by atoms with Crippen LogP contribution in [0, 0.1) is 0 Å². The van der Waals surface area contributed by atoms with Gasteiger partial charge in [-0.3, -0.25) is 4.98 Å². The summed E-state index contributed by atoms with van der Waals surface area (Å²) in [6.07, 6.45) is 4.61. The molecule has 0 atom stereocenters. The van der Waals surface area contributed by atoms with Gasteiger partial charge in [0.15, 0.2) is 5.96 Å². The lowest BCUT2D eigenvalue weighted by Crippen LogP contribution is -2.44. The molecule has 0 bridgehead atoms. The molecular weight excluding hydrogens is 491 g/mol. The van der Waals surface area contributed by atoms with Gasteiger partial charge in [-0.2, -0.15) is 0 Å². The van der Waals surface area contributed by atoms with E-state index >= 15 is 0 Å². The number of benzene rings is 1. The predicted octanol–water partition coefficient (Wildman–Crippen LogP) is 4.15. The molecule has 1 heterocycles. The number of aliphatic imine (C=N–C) groups is 1. The largest absolute Gasteiger partial charge is 0.497 e. The van der Waals surface area contributed by atoms with Gasteiger partial charge in [-0.05, 0) is 48.7 Å². The van der Waals surface area contributed by atoms with Crippen LogP contribution in [0.1, 0.15) is 38.3 Å². The van der Waals surface area contributed by atoms with Gasteiger partial charge in [0, 0.05) is 44.1 Å². The number of methoxy groups -OCH3 is 1. The minimum Gasteiger partial charge on any atom is -0.497 e. The van der Waals surface area contributed by atoms with Gasteiger partial charge in [-0.15, -0.1) is 24.0 Å². The fourth-order valence-electron chi connectivity index (χ4n) is 2.81. The van der Waals surface area contributed by atoms with Gasteiger partial charge in [0.25, 0.3) is 0 Å². The molecule has 7 heteroatoms. The standard InChI is InChI=1S/C23H34N4O2.HI/c1-5-29-16-6-13-25-22(26-17-19-7-9-21(28-4)10-8-19)27-18-23(2,3)20-11-14-24-15-12-20;/h7-12,14-15H,5-6,13,16-18H2,1-4H3,(H2,25,26,27);1H. The van der Waals surface area contributed by atoms with E-state index in [1.165, 1.54) is 5.56 Å². The van der Waals surface area contributed by atoms with Crippen molar-refractivity contribution < 1.29 is 9.47 Å². The van der Waals surface area contributed by atoms with Crippen molar-refractivity contribution >= 4 is 29.9 Å². The number of hydrogen-bond donors (Lipinski definition) is 2. The number of halogens is 1. The second-order valence-electron chi connectivity index (χ2n) is 7.46. The highest BCUT2D eigenvalue weighted by Gasteiger charge is 2.20. The average molecular weight is 526 g/mol. The third-order valence-electron chi connectivity index (χ3n) is 4.70. The van der Waals surface area contributed by atoms with Crippen molar-refractivity contribution in [3.05, 3.63) is 59.9 Å². The van der Waals surface area contributed by atoms with Gasteiger partial charge in [-0.25, -0.2) is 4.99 Å². The Morgan fingerprint density at radius 2 is 1.77 bits per heavy atom. The van der Waals surface area contributed by atoms with Crippen molar-refractivity contribution in [1.29, 1.82) is 0 Å². The third kappa shape index (κ3) is 9.30. The number of nitrogens with zero attached hydrogens (tertiary/aromatic N) is 2. The summed E-state index contributed by atoms with van der Waals surface area (Å²) in [6.45, 7) is 10.1. The van der Waals surface area contributed by atoms with Crippen molar-refractivity contribution in [2.24, 2.45) is 4.99 Å². The minimum absolute atomic E-state index is 0. The molecule has 6 nitrogen and oxygen atoms in total. The molecule has 2 aromatic rings. The van der Waals surface area contributed by atoms with Crippen LogP contribution < -0.4 is 15.4 Å². The first kappa shape index (κ1) is 26.2. The molecule has 1 aromatic carbocycles. The molecule has 0 aliphatic rings. The van der Waals surface area contributed by atoms with Crippen molar-refractivity contribution in [3.63, 3.8) is 0 Å². The fraction of sp³-hybridized carbons (Fsp3) is 0.478. The van der Waals surface area contributed by atoms with Gasteiger partial charge >= 0.3 is 0 Å². The van der Waals surface area contributed by atoms with E-state index in [0.29, 0.717) is 6.54 Å². The number of ether oxygens (including phenoxy) is 2. The molecule has 0 fully saturated rings. The Bertz CT molecular complexity index is 737. The summed E-state index contributed by atoms with van der Waals surface area (Å²) in [5.74, 6) is 1.66. The molecule has 0 radical (unpaired) electrons. The lowest BCUT2D eigenvalue weighted by molar-refractivity contribution is 0.145. The first-order chi connectivity index (χ1) is 14.0. The summed E-state index contributed by atoms with van der Waals surface area (Å²) in [7, 11) is 1.67. The van der Waals surface area contributed by atoms with E-state index in [4.69, 9.17) is 14.5 Å². The van der Waals surface area contributed by atoms with Crippen LogP contribution in [0.4, 0.5) is 0 Å². The molecule has 0 aliphatic carbocycles. The fourth-order valence-corrected chi connectivity index (χ4v) is 2.81. The maximum atomic E-state index is 5.42. The summed E-state index contributed by atoms with van der Waals surface area (Å²) < 4.78 is 10.6. The molecule has 0 unspecified atom stereocenters. The highest BCUT2D eigenvalue weighted by atomic mass is 127. The molecule has 1 aromatic heterocycles. The zero-order valence-corrected chi connectivity index (χ0v) is 20.8. The summed E-state index contributed by atoms with van der Waals surface area (Å²) in [5, 5.41) is 6.91. The van der Waals surface area contributed by atoms with E-state index in [0.717, 1.165) is 50.0 Å². The average Bonchev–Trinajstić information content (AvgIpc) is 2.76. The summed E-state index contributed by atoms with van der Waals surface area (Å²) in [4.78, 5) is 8.88. The molecule has 2 rings (SSSR count). The van der Waals surface area contributed by atoms with E-state index in [1.807, 2.05) is 43.6 Å². The second-order valence-corrected chi connectivity index (χ2v) is 7.46. The van der Waals surface area contributed by atoms with E-state index in [1.54, 1.807) is 7.11 Å². The maximum Gasteiger partial charge on any atom is 0.191 e. The number of hydrogen-bond acceptors (Lipinski definition) is 4. The van der Waals surface area contributed by atoms with E-state index in [9.17, 15) is 0 Å². The molecule has 0 spiro atoms. The van der Waals surface area contributed by atoms with Crippen LogP contribution in [0.15, 0.2) is 53.8 Å². The van der Waals surface area contributed by atoms with E-state index in [2.05, 4.69) is 41.6 Å². The third-order valence-corrected chi connectivity index (χ3v) is 4.70. The molecule has 166 valence electrons. The normalized spacial score (nSPS) is 11.5. The Morgan fingerprint density at radius 3 is 2.40 bits per heavy atom.